The van der Waals surface area contributed by atoms with Crippen molar-refractivity contribution in [3.05, 3.63) is 83.8 Å². The third kappa shape index (κ3) is 4.10. The molecule has 4 heterocycles. The molecule has 8 heteroatoms. The molecule has 0 bridgehead atoms. The van der Waals surface area contributed by atoms with E-state index in [9.17, 15) is 4.79 Å². The molecule has 7 rings (SSSR count). The zero-order valence-electron chi connectivity index (χ0n) is 20.6. The molecule has 2 aliphatic heterocycles. The summed E-state index contributed by atoms with van der Waals surface area (Å²) in [6, 6.07) is 18.5. The molecule has 1 spiro atoms. The summed E-state index contributed by atoms with van der Waals surface area (Å²) in [7, 11) is 0. The topological polar surface area (TPSA) is 67.4 Å². The first-order valence-electron chi connectivity index (χ1n) is 12.7. The summed E-state index contributed by atoms with van der Waals surface area (Å²) in [6.07, 6.45) is 3.72. The van der Waals surface area contributed by atoms with E-state index < -0.39 is 5.82 Å². The molecule has 0 aliphatic carbocycles. The smallest absolute Gasteiger partial charge is 0.253 e. The van der Waals surface area contributed by atoms with Gasteiger partial charge in [-0.3, -0.25) is 9.78 Å². The largest absolute Gasteiger partial charge is 0.381 e. The number of carbonyl (C=O) groups is 1. The number of fused-ring (bicyclic) bond motifs is 2. The number of nitrogens with zero attached hydrogens (tertiary/aromatic N) is 3. The Bertz CT molecular complexity index is 1690. The first kappa shape index (κ1) is 23.3. The molecule has 3 aromatic carbocycles. The van der Waals surface area contributed by atoms with Crippen molar-refractivity contribution in [3.8, 4) is 11.1 Å². The fraction of sp³-hybridized carbons (Fsp3) is 0.233. The lowest BCUT2D eigenvalue weighted by Crippen LogP contribution is -2.60. The second kappa shape index (κ2) is 9.15. The van der Waals surface area contributed by atoms with Crippen molar-refractivity contribution in [3.63, 3.8) is 0 Å². The van der Waals surface area contributed by atoms with Gasteiger partial charge in [-0.1, -0.05) is 12.1 Å². The van der Waals surface area contributed by atoms with Crippen LogP contribution in [0.15, 0.2) is 72.4 Å². The SMILES string of the molecule is O=C(c1ccc(-c2ccc3nccc(Nc4ccc5scnc5c4)c3c2)c(F)c1)N1CC2(CCOCC2)C1. The van der Waals surface area contributed by atoms with Crippen molar-refractivity contribution in [2.24, 2.45) is 5.41 Å². The average molecular weight is 525 g/mol. The number of likely N-dealkylation sites (tertiary alicyclic amines) is 1. The Morgan fingerprint density at radius 2 is 1.84 bits per heavy atom. The number of aromatic nitrogens is 2. The molecule has 2 saturated heterocycles. The van der Waals surface area contributed by atoms with E-state index in [0.29, 0.717) is 11.1 Å². The van der Waals surface area contributed by atoms with Crippen LogP contribution in [0.2, 0.25) is 0 Å². The molecular weight excluding hydrogens is 499 g/mol. The number of benzene rings is 3. The summed E-state index contributed by atoms with van der Waals surface area (Å²) < 4.78 is 22.0. The monoisotopic (exact) mass is 524 g/mol. The Labute approximate surface area is 223 Å². The third-order valence-corrected chi connectivity index (χ3v) is 8.58. The molecule has 2 aromatic heterocycles. The molecule has 1 N–H and O–H groups in total. The van der Waals surface area contributed by atoms with Crippen molar-refractivity contribution in [1.29, 1.82) is 0 Å². The lowest BCUT2D eigenvalue weighted by atomic mass is 9.73. The molecule has 0 atom stereocenters. The van der Waals surface area contributed by atoms with Crippen LogP contribution in [-0.4, -0.2) is 47.1 Å². The molecule has 1 amide bonds. The van der Waals surface area contributed by atoms with Gasteiger partial charge in [0, 0.05) is 65.8 Å². The first-order valence-corrected chi connectivity index (χ1v) is 13.6. The molecular formula is C30H25FN4O2S. The lowest BCUT2D eigenvalue weighted by Gasteiger charge is -2.52. The van der Waals surface area contributed by atoms with Gasteiger partial charge in [0.2, 0.25) is 0 Å². The highest BCUT2D eigenvalue weighted by molar-refractivity contribution is 7.16. The van der Waals surface area contributed by atoms with Gasteiger partial charge >= 0.3 is 0 Å². The van der Waals surface area contributed by atoms with Gasteiger partial charge in [0.1, 0.15) is 5.82 Å². The van der Waals surface area contributed by atoms with Crippen LogP contribution in [-0.2, 0) is 4.74 Å². The van der Waals surface area contributed by atoms with Gasteiger partial charge in [-0.25, -0.2) is 9.37 Å². The highest BCUT2D eigenvalue weighted by atomic mass is 32.1. The molecule has 0 saturated carbocycles. The number of ether oxygens (including phenoxy) is 1. The summed E-state index contributed by atoms with van der Waals surface area (Å²) in [5, 5.41) is 4.35. The van der Waals surface area contributed by atoms with E-state index in [0.717, 1.165) is 77.2 Å². The maximum atomic E-state index is 15.4. The molecule has 5 aromatic rings. The first-order chi connectivity index (χ1) is 18.6. The van der Waals surface area contributed by atoms with Crippen molar-refractivity contribution >= 4 is 49.7 Å². The van der Waals surface area contributed by atoms with Gasteiger partial charge in [0.15, 0.2) is 0 Å². The number of hydrogen-bond donors (Lipinski definition) is 1. The van der Waals surface area contributed by atoms with E-state index in [4.69, 9.17) is 4.74 Å². The van der Waals surface area contributed by atoms with E-state index in [1.165, 1.54) is 6.07 Å². The number of halogens is 1. The number of amides is 1. The van der Waals surface area contributed by atoms with Crippen molar-refractivity contribution in [2.45, 2.75) is 12.8 Å². The number of anilines is 2. The van der Waals surface area contributed by atoms with Gasteiger partial charge in [0.05, 0.1) is 21.2 Å². The molecule has 2 fully saturated rings. The molecule has 0 radical (unpaired) electrons. The van der Waals surface area contributed by atoms with E-state index >= 15 is 4.39 Å². The van der Waals surface area contributed by atoms with Gasteiger partial charge in [-0.05, 0) is 66.9 Å². The predicted octanol–water partition coefficient (Wildman–Crippen LogP) is 6.65. The third-order valence-electron chi connectivity index (χ3n) is 7.77. The number of hydrogen-bond acceptors (Lipinski definition) is 6. The Kier molecular flexibility index (Phi) is 5.60. The van der Waals surface area contributed by atoms with Crippen LogP contribution in [0, 0.1) is 11.2 Å². The predicted molar refractivity (Wildman–Crippen MR) is 148 cm³/mol. The van der Waals surface area contributed by atoms with Crippen LogP contribution < -0.4 is 5.32 Å². The maximum absolute atomic E-state index is 15.4. The van der Waals surface area contributed by atoms with Crippen molar-refractivity contribution in [1.82, 2.24) is 14.9 Å². The Hall–Kier alpha value is -3.88. The second-order valence-electron chi connectivity index (χ2n) is 10.2. The quantitative estimate of drug-likeness (QED) is 0.285. The van der Waals surface area contributed by atoms with Crippen LogP contribution in [0.25, 0.3) is 32.2 Å². The number of pyridine rings is 1. The second-order valence-corrected chi connectivity index (χ2v) is 11.1. The summed E-state index contributed by atoms with van der Waals surface area (Å²) in [5.74, 6) is -0.525. The van der Waals surface area contributed by atoms with Gasteiger partial charge in [-0.2, -0.15) is 0 Å². The minimum atomic E-state index is -0.413. The van der Waals surface area contributed by atoms with Crippen LogP contribution in [0.4, 0.5) is 15.8 Å². The average Bonchev–Trinajstić information content (AvgIpc) is 3.40. The van der Waals surface area contributed by atoms with Gasteiger partial charge < -0.3 is 15.0 Å². The molecule has 190 valence electrons. The number of thiazole rings is 1. The van der Waals surface area contributed by atoms with E-state index in [-0.39, 0.29) is 11.3 Å². The fourth-order valence-corrected chi connectivity index (χ4v) is 6.27. The summed E-state index contributed by atoms with van der Waals surface area (Å²) >= 11 is 1.61. The number of carbonyl (C=O) groups excluding carboxylic acids is 1. The van der Waals surface area contributed by atoms with Gasteiger partial charge in [-0.15, -0.1) is 11.3 Å². The van der Waals surface area contributed by atoms with Crippen molar-refractivity contribution < 1.29 is 13.9 Å². The number of nitrogens with one attached hydrogen (secondary N) is 1. The Balaban J connectivity index is 1.15. The highest BCUT2D eigenvalue weighted by Gasteiger charge is 2.45. The standard InChI is InChI=1S/C30H25FN4O2S/c31-24-14-20(29(36)35-16-30(17-35)8-11-37-12-9-30)1-4-22(24)19-2-5-25-23(13-19)26(7-10-32-25)34-21-3-6-28-27(15-21)33-18-38-28/h1-7,10,13-15,18H,8-9,11-12,16-17H2,(H,32,34). The minimum absolute atomic E-state index is 0.112. The lowest BCUT2D eigenvalue weighted by molar-refractivity contribution is -0.0666. The van der Waals surface area contributed by atoms with Crippen LogP contribution in [0.5, 0.6) is 0 Å². The van der Waals surface area contributed by atoms with Crippen LogP contribution in [0.3, 0.4) is 0 Å². The van der Waals surface area contributed by atoms with Gasteiger partial charge in [0.25, 0.3) is 5.91 Å². The van der Waals surface area contributed by atoms with Crippen LogP contribution in [0.1, 0.15) is 23.2 Å². The normalized spacial score (nSPS) is 16.6. The van der Waals surface area contributed by atoms with Crippen LogP contribution >= 0.6 is 11.3 Å². The van der Waals surface area contributed by atoms with E-state index in [1.807, 2.05) is 52.9 Å². The number of rotatable bonds is 4. The molecule has 2 aliphatic rings. The minimum Gasteiger partial charge on any atom is -0.381 e. The molecule has 38 heavy (non-hydrogen) atoms. The van der Waals surface area contributed by atoms with Crippen molar-refractivity contribution in [2.75, 3.05) is 31.6 Å². The Morgan fingerprint density at radius 1 is 0.974 bits per heavy atom. The Morgan fingerprint density at radius 3 is 2.68 bits per heavy atom. The summed E-state index contributed by atoms with van der Waals surface area (Å²) in [4.78, 5) is 23.7. The summed E-state index contributed by atoms with van der Waals surface area (Å²) in [6.45, 7) is 2.96. The molecule has 0 unspecified atom stereocenters. The molecule has 6 nitrogen and oxygen atoms in total. The van der Waals surface area contributed by atoms with E-state index in [2.05, 4.69) is 15.3 Å². The zero-order chi connectivity index (χ0) is 25.7. The highest BCUT2D eigenvalue weighted by Crippen LogP contribution is 2.40. The summed E-state index contributed by atoms with van der Waals surface area (Å²) in [5.41, 5.74) is 7.12. The van der Waals surface area contributed by atoms with E-state index in [1.54, 1.807) is 29.7 Å². The zero-order valence-corrected chi connectivity index (χ0v) is 21.4. The maximum Gasteiger partial charge on any atom is 0.253 e. The fourth-order valence-electron chi connectivity index (χ4n) is 5.61.